The van der Waals surface area contributed by atoms with E-state index in [2.05, 4.69) is 32.9 Å². The fraction of sp³-hybridized carbons (Fsp3) is 0.400. The highest BCUT2D eigenvalue weighted by molar-refractivity contribution is 7.09. The topological polar surface area (TPSA) is 43.6 Å². The Balaban J connectivity index is 2.16. The molecular formula is C15H17ClN4S. The third-order valence-electron chi connectivity index (χ3n) is 3.44. The predicted molar refractivity (Wildman–Crippen MR) is 87.4 cm³/mol. The molecule has 0 N–H and O–H groups in total. The van der Waals surface area contributed by atoms with Crippen LogP contribution in [0.1, 0.15) is 35.1 Å². The van der Waals surface area contributed by atoms with Crippen molar-refractivity contribution >= 4 is 34.1 Å². The van der Waals surface area contributed by atoms with Crippen molar-refractivity contribution in [2.24, 2.45) is 0 Å². The highest BCUT2D eigenvalue weighted by atomic mass is 35.5. The van der Waals surface area contributed by atoms with E-state index in [9.17, 15) is 0 Å². The first-order valence-corrected chi connectivity index (χ1v) is 8.33. The van der Waals surface area contributed by atoms with Gasteiger partial charge in [0, 0.05) is 29.6 Å². The van der Waals surface area contributed by atoms with Crippen LogP contribution >= 0.6 is 22.9 Å². The average molecular weight is 321 g/mol. The number of pyridine rings is 1. The zero-order chi connectivity index (χ0) is 15.0. The molecule has 6 heteroatoms. The van der Waals surface area contributed by atoms with E-state index < -0.39 is 0 Å². The van der Waals surface area contributed by atoms with E-state index in [4.69, 9.17) is 16.6 Å². The molecule has 0 saturated carbocycles. The van der Waals surface area contributed by atoms with Gasteiger partial charge in [0.25, 0.3) is 0 Å². The fourth-order valence-electron chi connectivity index (χ4n) is 2.47. The van der Waals surface area contributed by atoms with Crippen molar-refractivity contribution in [1.82, 2.24) is 19.5 Å². The van der Waals surface area contributed by atoms with Crippen LogP contribution in [0.5, 0.6) is 0 Å². The van der Waals surface area contributed by atoms with Crippen molar-refractivity contribution in [1.29, 1.82) is 0 Å². The number of imidazole rings is 1. The maximum atomic E-state index is 5.93. The largest absolute Gasteiger partial charge is 0.303 e. The lowest BCUT2D eigenvalue weighted by Gasteiger charge is -2.14. The summed E-state index contributed by atoms with van der Waals surface area (Å²) < 4.78 is 2.16. The number of thiazole rings is 1. The number of aryl methyl sites for hydroxylation is 3. The third kappa shape index (κ3) is 2.68. The van der Waals surface area contributed by atoms with Crippen LogP contribution in [0.3, 0.4) is 0 Å². The van der Waals surface area contributed by atoms with Gasteiger partial charge in [0.2, 0.25) is 0 Å². The minimum absolute atomic E-state index is 0.113. The molecule has 3 aromatic rings. The molecule has 0 aliphatic rings. The Kier molecular flexibility index (Phi) is 3.95. The van der Waals surface area contributed by atoms with Gasteiger partial charge in [0.15, 0.2) is 5.65 Å². The lowest BCUT2D eigenvalue weighted by atomic mass is 10.3. The number of fused-ring (bicyclic) bond motifs is 1. The first kappa shape index (κ1) is 14.5. The maximum absolute atomic E-state index is 5.93. The van der Waals surface area contributed by atoms with Crippen LogP contribution in [0.15, 0.2) is 17.6 Å². The molecule has 0 amide bonds. The van der Waals surface area contributed by atoms with E-state index in [0.717, 1.165) is 39.7 Å². The number of rotatable bonds is 4. The second-order valence-corrected chi connectivity index (χ2v) is 6.46. The highest BCUT2D eigenvalue weighted by Gasteiger charge is 2.20. The van der Waals surface area contributed by atoms with Gasteiger partial charge in [-0.15, -0.1) is 22.9 Å². The molecule has 0 aromatic carbocycles. The van der Waals surface area contributed by atoms with Crippen LogP contribution in [0.4, 0.5) is 0 Å². The normalized spacial score (nSPS) is 13.0. The summed E-state index contributed by atoms with van der Waals surface area (Å²) in [5.74, 6) is 1.52. The van der Waals surface area contributed by atoms with E-state index in [-0.39, 0.29) is 6.04 Å². The summed E-state index contributed by atoms with van der Waals surface area (Å²) in [6.45, 7) is 6.18. The summed E-state index contributed by atoms with van der Waals surface area (Å²) in [4.78, 5) is 13.9. The molecule has 0 spiro atoms. The van der Waals surface area contributed by atoms with Gasteiger partial charge in [0.05, 0.1) is 6.04 Å². The summed E-state index contributed by atoms with van der Waals surface area (Å²) in [5, 5.41) is 3.15. The highest BCUT2D eigenvalue weighted by Crippen LogP contribution is 2.27. The zero-order valence-electron chi connectivity index (χ0n) is 12.3. The molecule has 1 atom stereocenters. The molecule has 0 bridgehead atoms. The van der Waals surface area contributed by atoms with E-state index in [1.165, 1.54) is 0 Å². The first-order chi connectivity index (χ1) is 10.1. The minimum atomic E-state index is 0.113. The van der Waals surface area contributed by atoms with Gasteiger partial charge in [0.1, 0.15) is 16.3 Å². The number of hydrogen-bond acceptors (Lipinski definition) is 4. The van der Waals surface area contributed by atoms with Crippen LogP contribution in [-0.2, 0) is 6.42 Å². The van der Waals surface area contributed by atoms with E-state index in [1.807, 2.05) is 20.0 Å². The number of halogens is 1. The molecule has 0 aliphatic carbocycles. The number of aromatic nitrogens is 4. The molecule has 110 valence electrons. The Labute approximate surface area is 132 Å². The molecule has 0 aliphatic heterocycles. The second-order valence-electron chi connectivity index (χ2n) is 5.20. The van der Waals surface area contributed by atoms with Crippen molar-refractivity contribution in [2.45, 2.75) is 33.2 Å². The maximum Gasteiger partial charge on any atom is 0.160 e. The van der Waals surface area contributed by atoms with Crippen molar-refractivity contribution in [2.75, 3.05) is 5.88 Å². The van der Waals surface area contributed by atoms with Crippen LogP contribution in [0.2, 0.25) is 0 Å². The van der Waals surface area contributed by atoms with Crippen molar-refractivity contribution in [3.8, 4) is 0 Å². The Bertz CT molecular complexity index is 777. The van der Waals surface area contributed by atoms with Gasteiger partial charge in [-0.2, -0.15) is 0 Å². The minimum Gasteiger partial charge on any atom is -0.303 e. The SMILES string of the molecule is Cc1cnc2c(c1)nc(CCCl)n2C(C)c1nc(C)cs1. The molecule has 4 nitrogen and oxygen atoms in total. The smallest absolute Gasteiger partial charge is 0.160 e. The van der Waals surface area contributed by atoms with Crippen LogP contribution in [0, 0.1) is 13.8 Å². The Morgan fingerprint density at radius 1 is 1.33 bits per heavy atom. The summed E-state index contributed by atoms with van der Waals surface area (Å²) in [6.07, 6.45) is 2.61. The molecule has 3 heterocycles. The fourth-order valence-corrected chi connectivity index (χ4v) is 3.48. The summed E-state index contributed by atoms with van der Waals surface area (Å²) in [6, 6.07) is 2.18. The average Bonchev–Trinajstić information content (AvgIpc) is 3.01. The second kappa shape index (κ2) is 5.73. The van der Waals surface area contributed by atoms with E-state index in [0.29, 0.717) is 5.88 Å². The quantitative estimate of drug-likeness (QED) is 0.685. The lowest BCUT2D eigenvalue weighted by molar-refractivity contribution is 0.614. The molecule has 0 saturated heterocycles. The van der Waals surface area contributed by atoms with Crippen LogP contribution in [-0.4, -0.2) is 25.4 Å². The number of alkyl halides is 1. The van der Waals surface area contributed by atoms with Crippen LogP contribution in [0.25, 0.3) is 11.2 Å². The summed E-state index contributed by atoms with van der Waals surface area (Å²) in [7, 11) is 0. The van der Waals surface area contributed by atoms with Gasteiger partial charge in [-0.3, -0.25) is 0 Å². The summed E-state index contributed by atoms with van der Waals surface area (Å²) in [5.41, 5.74) is 3.99. The molecule has 3 rings (SSSR count). The number of nitrogens with zero attached hydrogens (tertiary/aromatic N) is 4. The standard InChI is InChI=1S/C15H17ClN4S/c1-9-6-12-14(17-7-9)20(13(19-12)4-5-16)11(3)15-18-10(2)8-21-15/h6-8,11H,4-5H2,1-3H3. The van der Waals surface area contributed by atoms with Gasteiger partial charge in [-0.1, -0.05) is 0 Å². The van der Waals surface area contributed by atoms with Crippen LogP contribution < -0.4 is 0 Å². The predicted octanol–water partition coefficient (Wildman–Crippen LogP) is 3.90. The Morgan fingerprint density at radius 2 is 2.14 bits per heavy atom. The molecule has 1 unspecified atom stereocenters. The monoisotopic (exact) mass is 320 g/mol. The van der Waals surface area contributed by atoms with Crippen molar-refractivity contribution in [3.63, 3.8) is 0 Å². The zero-order valence-corrected chi connectivity index (χ0v) is 13.9. The van der Waals surface area contributed by atoms with E-state index >= 15 is 0 Å². The van der Waals surface area contributed by atoms with Gasteiger partial charge in [-0.05, 0) is 32.4 Å². The van der Waals surface area contributed by atoms with Gasteiger partial charge >= 0.3 is 0 Å². The third-order valence-corrected chi connectivity index (χ3v) is 4.76. The first-order valence-electron chi connectivity index (χ1n) is 6.91. The number of hydrogen-bond donors (Lipinski definition) is 0. The van der Waals surface area contributed by atoms with Gasteiger partial charge in [-0.25, -0.2) is 15.0 Å². The van der Waals surface area contributed by atoms with Crippen molar-refractivity contribution in [3.05, 3.63) is 39.7 Å². The molecule has 0 fully saturated rings. The van der Waals surface area contributed by atoms with Crippen molar-refractivity contribution < 1.29 is 0 Å². The molecule has 21 heavy (non-hydrogen) atoms. The molecular weight excluding hydrogens is 304 g/mol. The lowest BCUT2D eigenvalue weighted by Crippen LogP contribution is -2.11. The van der Waals surface area contributed by atoms with Gasteiger partial charge < -0.3 is 4.57 Å². The van der Waals surface area contributed by atoms with E-state index in [1.54, 1.807) is 11.3 Å². The Morgan fingerprint density at radius 3 is 2.81 bits per heavy atom. The summed E-state index contributed by atoms with van der Waals surface area (Å²) >= 11 is 7.61. The Hall–Kier alpha value is -1.46. The molecule has 3 aromatic heterocycles. The molecule has 0 radical (unpaired) electrons.